The van der Waals surface area contributed by atoms with Crippen molar-refractivity contribution in [3.05, 3.63) is 24.3 Å². The molecule has 1 unspecified atom stereocenters. The normalized spacial score (nSPS) is 17.9. The number of rotatable bonds is 8. The molecule has 27 heavy (non-hydrogen) atoms. The lowest BCUT2D eigenvalue weighted by molar-refractivity contribution is -0.173. The molecule has 1 heterocycles. The summed E-state index contributed by atoms with van der Waals surface area (Å²) in [6.07, 6.45) is -2.86. The molecule has 0 amide bonds. The monoisotopic (exact) mass is 388 g/mol. The maximum absolute atomic E-state index is 12.0. The fourth-order valence-electron chi connectivity index (χ4n) is 2.94. The van der Waals surface area contributed by atoms with Gasteiger partial charge in [-0.3, -0.25) is 4.99 Å². The Bertz CT molecular complexity index is 611. The van der Waals surface area contributed by atoms with Crippen LogP contribution in [0.15, 0.2) is 29.3 Å². The molecule has 1 saturated heterocycles. The maximum Gasteiger partial charge on any atom is 0.411 e. The van der Waals surface area contributed by atoms with Crippen LogP contribution in [0, 0.1) is 0 Å². The third-order valence-corrected chi connectivity index (χ3v) is 4.20. The summed E-state index contributed by atoms with van der Waals surface area (Å²) in [5.41, 5.74) is 1.06. The molecule has 2 N–H and O–H groups in total. The molecule has 2 rings (SSSR count). The van der Waals surface area contributed by atoms with Crippen LogP contribution in [0.1, 0.15) is 12.8 Å². The number of nitrogens with one attached hydrogen (secondary N) is 2. The lowest BCUT2D eigenvalue weighted by Crippen LogP contribution is -2.45. The lowest BCUT2D eigenvalue weighted by Gasteiger charge is -2.22. The van der Waals surface area contributed by atoms with E-state index in [4.69, 9.17) is 4.74 Å². The molecule has 1 aromatic carbocycles. The first kappa shape index (κ1) is 21.1. The molecule has 0 spiro atoms. The second kappa shape index (κ2) is 10.2. The summed E-state index contributed by atoms with van der Waals surface area (Å²) in [5.74, 6) is 1.48. The Morgan fingerprint density at radius 3 is 2.81 bits per heavy atom. The standard InChI is InChI=1S/C18H27F3N4O2/c1-22-17(23-9-5-11-27-13-18(19,20)21)24-14-8-10-25(12-14)15-6-3-4-7-16(15)26-2/h3-4,6-7,14H,5,8-13H2,1-2H3,(H2,22,23,24). The fourth-order valence-corrected chi connectivity index (χ4v) is 2.94. The van der Waals surface area contributed by atoms with Crippen molar-refractivity contribution in [3.8, 4) is 5.75 Å². The third-order valence-electron chi connectivity index (χ3n) is 4.20. The Labute approximate surface area is 157 Å². The zero-order valence-electron chi connectivity index (χ0n) is 15.7. The highest BCUT2D eigenvalue weighted by molar-refractivity contribution is 5.80. The van der Waals surface area contributed by atoms with Crippen LogP contribution in [0.5, 0.6) is 5.75 Å². The van der Waals surface area contributed by atoms with Crippen molar-refractivity contribution in [3.63, 3.8) is 0 Å². The van der Waals surface area contributed by atoms with E-state index in [-0.39, 0.29) is 12.6 Å². The number of halogens is 3. The summed E-state index contributed by atoms with van der Waals surface area (Å²) in [6, 6.07) is 8.13. The van der Waals surface area contributed by atoms with Gasteiger partial charge in [0.15, 0.2) is 5.96 Å². The van der Waals surface area contributed by atoms with Crippen LogP contribution in [-0.2, 0) is 4.74 Å². The van der Waals surface area contributed by atoms with E-state index in [1.165, 1.54) is 0 Å². The van der Waals surface area contributed by atoms with Crippen LogP contribution < -0.4 is 20.3 Å². The molecule has 6 nitrogen and oxygen atoms in total. The minimum Gasteiger partial charge on any atom is -0.495 e. The molecule has 9 heteroatoms. The zero-order valence-corrected chi connectivity index (χ0v) is 15.7. The van der Waals surface area contributed by atoms with Crippen LogP contribution in [-0.4, -0.2) is 65.2 Å². The predicted molar refractivity (Wildman–Crippen MR) is 99.6 cm³/mol. The van der Waals surface area contributed by atoms with Crippen molar-refractivity contribution in [2.24, 2.45) is 4.99 Å². The van der Waals surface area contributed by atoms with E-state index in [1.54, 1.807) is 14.2 Å². The highest BCUT2D eigenvalue weighted by atomic mass is 19.4. The number of methoxy groups -OCH3 is 1. The topological polar surface area (TPSA) is 58.1 Å². The van der Waals surface area contributed by atoms with Crippen LogP contribution >= 0.6 is 0 Å². The number of ether oxygens (including phenoxy) is 2. The number of para-hydroxylation sites is 2. The van der Waals surface area contributed by atoms with Gasteiger partial charge in [-0.15, -0.1) is 0 Å². The molecule has 1 atom stereocenters. The van der Waals surface area contributed by atoms with E-state index in [0.717, 1.165) is 30.9 Å². The van der Waals surface area contributed by atoms with Gasteiger partial charge in [0.2, 0.25) is 0 Å². The average molecular weight is 388 g/mol. The summed E-state index contributed by atoms with van der Waals surface area (Å²) in [7, 11) is 3.33. The maximum atomic E-state index is 12.0. The summed E-state index contributed by atoms with van der Waals surface area (Å²) >= 11 is 0. The number of anilines is 1. The Morgan fingerprint density at radius 2 is 2.11 bits per heavy atom. The number of guanidine groups is 1. The SMILES string of the molecule is CN=C(NCCCOCC(F)(F)F)NC1CCN(c2ccccc2OC)C1. The van der Waals surface area contributed by atoms with Crippen LogP contribution in [0.3, 0.4) is 0 Å². The molecule has 0 radical (unpaired) electrons. The molecule has 1 aromatic rings. The molecule has 1 aliphatic heterocycles. The molecule has 1 aliphatic rings. The largest absolute Gasteiger partial charge is 0.495 e. The van der Waals surface area contributed by atoms with Crippen molar-refractivity contribution < 1.29 is 22.6 Å². The van der Waals surface area contributed by atoms with Gasteiger partial charge in [0.25, 0.3) is 0 Å². The highest BCUT2D eigenvalue weighted by Gasteiger charge is 2.27. The van der Waals surface area contributed by atoms with Crippen LogP contribution in [0.4, 0.5) is 18.9 Å². The second-order valence-electron chi connectivity index (χ2n) is 6.27. The molecule has 0 saturated carbocycles. The molecule has 0 bridgehead atoms. The van der Waals surface area contributed by atoms with Gasteiger partial charge in [0.05, 0.1) is 12.8 Å². The summed E-state index contributed by atoms with van der Waals surface area (Å²) < 4.78 is 46.0. The van der Waals surface area contributed by atoms with Crippen molar-refractivity contribution in [2.45, 2.75) is 25.1 Å². The van der Waals surface area contributed by atoms with Gasteiger partial charge < -0.3 is 25.0 Å². The fraction of sp³-hybridized carbons (Fsp3) is 0.611. The van der Waals surface area contributed by atoms with Crippen molar-refractivity contribution >= 4 is 11.6 Å². The first-order valence-corrected chi connectivity index (χ1v) is 8.92. The van der Waals surface area contributed by atoms with Gasteiger partial charge in [0.1, 0.15) is 12.4 Å². The van der Waals surface area contributed by atoms with Gasteiger partial charge in [-0.1, -0.05) is 12.1 Å². The van der Waals surface area contributed by atoms with Gasteiger partial charge in [-0.05, 0) is 25.0 Å². The first-order valence-electron chi connectivity index (χ1n) is 8.92. The lowest BCUT2D eigenvalue weighted by atomic mass is 10.2. The van der Waals surface area contributed by atoms with Gasteiger partial charge in [0, 0.05) is 39.3 Å². The minimum absolute atomic E-state index is 0.0501. The molecular weight excluding hydrogens is 361 g/mol. The average Bonchev–Trinajstić information content (AvgIpc) is 3.11. The Kier molecular flexibility index (Phi) is 8.02. The van der Waals surface area contributed by atoms with E-state index in [0.29, 0.717) is 18.9 Å². The Balaban J connectivity index is 1.71. The van der Waals surface area contributed by atoms with Crippen LogP contribution in [0.2, 0.25) is 0 Å². The molecule has 152 valence electrons. The van der Waals surface area contributed by atoms with Gasteiger partial charge >= 0.3 is 6.18 Å². The smallest absolute Gasteiger partial charge is 0.411 e. The number of alkyl halides is 3. The first-order chi connectivity index (χ1) is 12.9. The van der Waals surface area contributed by atoms with E-state index in [2.05, 4.69) is 25.3 Å². The number of hydrogen-bond acceptors (Lipinski definition) is 4. The minimum atomic E-state index is -4.28. The molecule has 1 fully saturated rings. The van der Waals surface area contributed by atoms with E-state index in [9.17, 15) is 13.2 Å². The highest BCUT2D eigenvalue weighted by Crippen LogP contribution is 2.30. The Morgan fingerprint density at radius 1 is 1.33 bits per heavy atom. The third kappa shape index (κ3) is 7.16. The molecular formula is C18H27F3N4O2. The van der Waals surface area contributed by atoms with E-state index >= 15 is 0 Å². The van der Waals surface area contributed by atoms with Crippen molar-refractivity contribution in [2.75, 3.05) is 51.9 Å². The summed E-state index contributed by atoms with van der Waals surface area (Å²) in [4.78, 5) is 6.43. The van der Waals surface area contributed by atoms with Gasteiger partial charge in [-0.2, -0.15) is 13.2 Å². The van der Waals surface area contributed by atoms with Crippen molar-refractivity contribution in [1.82, 2.24) is 10.6 Å². The van der Waals surface area contributed by atoms with Crippen molar-refractivity contribution in [1.29, 1.82) is 0 Å². The van der Waals surface area contributed by atoms with Crippen LogP contribution in [0.25, 0.3) is 0 Å². The van der Waals surface area contributed by atoms with E-state index < -0.39 is 12.8 Å². The number of hydrogen-bond donors (Lipinski definition) is 2. The second-order valence-corrected chi connectivity index (χ2v) is 6.27. The Hall–Kier alpha value is -2.16. The molecule has 0 aliphatic carbocycles. The number of benzene rings is 1. The predicted octanol–water partition coefficient (Wildman–Crippen LogP) is 2.41. The summed E-state index contributed by atoms with van der Waals surface area (Å²) in [5, 5.41) is 6.46. The van der Waals surface area contributed by atoms with E-state index in [1.807, 2.05) is 24.3 Å². The number of aliphatic imine (C=N–C) groups is 1. The molecule has 0 aromatic heterocycles. The summed E-state index contributed by atoms with van der Waals surface area (Å²) in [6.45, 7) is 1.05. The number of nitrogens with zero attached hydrogens (tertiary/aromatic N) is 2. The quantitative estimate of drug-likeness (QED) is 0.407. The van der Waals surface area contributed by atoms with Gasteiger partial charge in [-0.25, -0.2) is 0 Å². The zero-order chi connectivity index (χ0) is 19.7.